The summed E-state index contributed by atoms with van der Waals surface area (Å²) >= 11 is 0. The van der Waals surface area contributed by atoms with Gasteiger partial charge in [0.25, 0.3) is 0 Å². The number of rotatable bonds is 8. The Labute approximate surface area is 335 Å². The molecule has 9 aromatic rings. The Morgan fingerprint density at radius 1 is 0.544 bits per heavy atom. The molecule has 57 heavy (non-hydrogen) atoms. The first-order chi connectivity index (χ1) is 28.1. The van der Waals surface area contributed by atoms with E-state index in [0.717, 1.165) is 89.2 Å². The Hall–Kier alpha value is -7.04. The van der Waals surface area contributed by atoms with E-state index >= 15 is 0 Å². The predicted octanol–water partition coefficient (Wildman–Crippen LogP) is 13.9. The van der Waals surface area contributed by atoms with Gasteiger partial charge in [0.15, 0.2) is 0 Å². The van der Waals surface area contributed by atoms with Crippen molar-refractivity contribution in [1.82, 2.24) is 14.5 Å². The summed E-state index contributed by atoms with van der Waals surface area (Å²) in [7, 11) is 0. The molecule has 0 bridgehead atoms. The molecule has 7 aromatic carbocycles. The fraction of sp³-hybridized carbons (Fsp3) is 0.0943. The summed E-state index contributed by atoms with van der Waals surface area (Å²) < 4.78 is 11.4. The second kappa shape index (κ2) is 14.9. The number of aromatic hydroxyl groups is 1. The number of hydrogen-bond donors (Lipinski definition) is 1. The minimum absolute atomic E-state index is 0.198. The third-order valence-corrected chi connectivity index (χ3v) is 10.8. The highest BCUT2D eigenvalue weighted by molar-refractivity contribution is 5.98. The van der Waals surface area contributed by atoms with Crippen molar-refractivity contribution in [2.24, 2.45) is 0 Å². The zero-order chi connectivity index (χ0) is 40.0. The average molecular weight is 739 g/mol. The van der Waals surface area contributed by atoms with Gasteiger partial charge in [-0.15, -0.1) is 0 Å². The third kappa shape index (κ3) is 6.81. The lowest BCUT2D eigenvalue weighted by Crippen LogP contribution is -2.02. The maximum absolute atomic E-state index is 11.7. The second-order valence-electron chi connectivity index (χ2n) is 15.0. The van der Waals surface area contributed by atoms with Crippen LogP contribution in [0, 0.1) is 13.8 Å². The molecule has 1 N–H and O–H groups in total. The van der Waals surface area contributed by atoms with Crippen molar-refractivity contribution in [3.63, 3.8) is 0 Å². The van der Waals surface area contributed by atoms with Crippen molar-refractivity contribution in [3.05, 3.63) is 193 Å². The first-order valence-corrected chi connectivity index (χ1v) is 19.4. The Morgan fingerprint density at radius 3 is 1.89 bits per heavy atom. The molecule has 0 saturated heterocycles. The third-order valence-electron chi connectivity index (χ3n) is 10.8. The van der Waals surface area contributed by atoms with Crippen LogP contribution in [0.1, 0.15) is 37.8 Å². The van der Waals surface area contributed by atoms with E-state index in [4.69, 9.17) is 9.97 Å². The van der Waals surface area contributed by atoms with E-state index < -0.39 is 5.89 Å². The van der Waals surface area contributed by atoms with E-state index in [1.807, 2.05) is 76.4 Å². The second-order valence-corrected chi connectivity index (χ2v) is 15.0. The van der Waals surface area contributed by atoms with Gasteiger partial charge < -0.3 is 5.11 Å². The quantitative estimate of drug-likeness (QED) is 0.169. The fourth-order valence-corrected chi connectivity index (χ4v) is 7.99. The molecule has 276 valence electrons. The Kier molecular flexibility index (Phi) is 9.00. The molecule has 0 saturated carbocycles. The van der Waals surface area contributed by atoms with Gasteiger partial charge in [-0.1, -0.05) is 129 Å². The van der Waals surface area contributed by atoms with Crippen LogP contribution in [-0.4, -0.2) is 19.6 Å². The molecule has 0 aliphatic carbocycles. The summed E-state index contributed by atoms with van der Waals surface area (Å²) in [6.07, 6.45) is 1.88. The van der Waals surface area contributed by atoms with Gasteiger partial charge in [0.2, 0.25) is 0 Å². The maximum Gasteiger partial charge on any atom is 0.149 e. The average Bonchev–Trinajstić information content (AvgIpc) is 3.65. The van der Waals surface area contributed by atoms with Gasteiger partial charge in [-0.3, -0.25) is 9.55 Å². The number of fused-ring (bicyclic) bond motifs is 1. The van der Waals surface area contributed by atoms with Gasteiger partial charge in [0, 0.05) is 24.4 Å². The van der Waals surface area contributed by atoms with Crippen LogP contribution in [0.4, 0.5) is 0 Å². The highest BCUT2D eigenvalue weighted by atomic mass is 16.3. The van der Waals surface area contributed by atoms with Crippen molar-refractivity contribution in [2.75, 3.05) is 0 Å². The lowest BCUT2D eigenvalue weighted by molar-refractivity contribution is 0.472. The lowest BCUT2D eigenvalue weighted by Gasteiger charge is -2.18. The molecule has 0 unspecified atom stereocenters. The summed E-state index contributed by atoms with van der Waals surface area (Å²) in [4.78, 5) is 10.3. The van der Waals surface area contributed by atoms with Crippen LogP contribution in [0.15, 0.2) is 176 Å². The van der Waals surface area contributed by atoms with Crippen LogP contribution in [0.2, 0.25) is 0 Å². The van der Waals surface area contributed by atoms with E-state index in [9.17, 15) is 6.48 Å². The van der Waals surface area contributed by atoms with Gasteiger partial charge in [-0.05, 0) is 130 Å². The number of hydrogen-bond acceptors (Lipinski definition) is 3. The van der Waals surface area contributed by atoms with Crippen LogP contribution >= 0.6 is 0 Å². The first-order valence-electron chi connectivity index (χ1n) is 19.9. The molecule has 9 rings (SSSR count). The van der Waals surface area contributed by atoms with E-state index in [1.54, 1.807) is 0 Å². The van der Waals surface area contributed by atoms with Crippen LogP contribution in [0.5, 0.6) is 5.75 Å². The standard InChI is InChI=1S/C53H43N3O/c1-34(2)47-33-44(23-24-45(47)39-19-12-7-13-20-39)56-50-22-14-21-46(51(50)55-53(56)48-28-35(3)27-36(4)52(48)57)42-29-41(38-17-10-6-11-18-38)30-43(31-42)49-32-40(25-26-54-49)37-15-8-5-9-16-37/h5-34,57H,1-4H3/i34D. The minimum atomic E-state index is -0.898. The summed E-state index contributed by atoms with van der Waals surface area (Å²) in [5, 5.41) is 11.7. The molecular weight excluding hydrogens is 695 g/mol. The first kappa shape index (κ1) is 34.5. The molecule has 0 atom stereocenters. The molecule has 0 amide bonds. The van der Waals surface area contributed by atoms with Gasteiger partial charge in [-0.25, -0.2) is 4.98 Å². The van der Waals surface area contributed by atoms with E-state index in [-0.39, 0.29) is 5.75 Å². The van der Waals surface area contributed by atoms with Gasteiger partial charge in [-0.2, -0.15) is 0 Å². The number of para-hydroxylation sites is 1. The monoisotopic (exact) mass is 738 g/mol. The van der Waals surface area contributed by atoms with Gasteiger partial charge in [0.1, 0.15) is 11.6 Å². The van der Waals surface area contributed by atoms with Crippen molar-refractivity contribution in [3.8, 4) is 78.6 Å². The topological polar surface area (TPSA) is 50.9 Å². The molecule has 4 nitrogen and oxygen atoms in total. The van der Waals surface area contributed by atoms with Crippen LogP contribution in [0.3, 0.4) is 0 Å². The van der Waals surface area contributed by atoms with E-state index in [0.29, 0.717) is 11.4 Å². The van der Waals surface area contributed by atoms with Crippen LogP contribution < -0.4 is 0 Å². The smallest absolute Gasteiger partial charge is 0.149 e. The van der Waals surface area contributed by atoms with Gasteiger partial charge in [0.05, 0.1) is 22.3 Å². The summed E-state index contributed by atoms with van der Waals surface area (Å²) in [6, 6.07) is 58.6. The minimum Gasteiger partial charge on any atom is -0.507 e. The largest absolute Gasteiger partial charge is 0.507 e. The van der Waals surface area contributed by atoms with Crippen molar-refractivity contribution in [1.29, 1.82) is 0 Å². The summed E-state index contributed by atoms with van der Waals surface area (Å²) in [6.45, 7) is 7.83. The van der Waals surface area contributed by atoms with Gasteiger partial charge >= 0.3 is 0 Å². The number of imidazole rings is 1. The molecule has 0 aliphatic heterocycles. The fourth-order valence-electron chi connectivity index (χ4n) is 7.99. The molecule has 0 aliphatic rings. The number of nitrogens with zero attached hydrogens (tertiary/aromatic N) is 3. The van der Waals surface area contributed by atoms with E-state index in [2.05, 4.69) is 132 Å². The number of aryl methyl sites for hydroxylation is 2. The van der Waals surface area contributed by atoms with Crippen molar-refractivity contribution >= 4 is 11.0 Å². The number of aromatic nitrogens is 3. The summed E-state index contributed by atoms with van der Waals surface area (Å²) in [5.41, 5.74) is 16.2. The highest BCUT2D eigenvalue weighted by Crippen LogP contribution is 2.42. The lowest BCUT2D eigenvalue weighted by atomic mass is 9.92. The zero-order valence-electron chi connectivity index (χ0n) is 33.5. The molecule has 0 radical (unpaired) electrons. The molecule has 2 aromatic heterocycles. The number of pyridine rings is 1. The zero-order valence-corrected chi connectivity index (χ0v) is 32.5. The van der Waals surface area contributed by atoms with Crippen LogP contribution in [-0.2, 0) is 0 Å². The van der Waals surface area contributed by atoms with Crippen LogP contribution in [0.25, 0.3) is 83.9 Å². The highest BCUT2D eigenvalue weighted by Gasteiger charge is 2.23. The number of phenols is 1. The predicted molar refractivity (Wildman–Crippen MR) is 237 cm³/mol. The maximum atomic E-state index is 11.7. The van der Waals surface area contributed by atoms with Crippen molar-refractivity contribution in [2.45, 2.75) is 33.6 Å². The van der Waals surface area contributed by atoms with E-state index in [1.165, 1.54) is 0 Å². The Balaban J connectivity index is 1.30. The Bertz CT molecular complexity index is 2950. The normalized spacial score (nSPS) is 11.8. The molecule has 4 heteroatoms. The SMILES string of the molecule is [2H]C(C)(C)c1cc(-n2c(-c3cc(C)cc(C)c3O)nc3c(-c4cc(-c5ccccc5)cc(-c5cc(-c6ccccc6)ccn5)c4)cccc32)ccc1-c1ccccc1. The summed E-state index contributed by atoms with van der Waals surface area (Å²) in [5.74, 6) is -0.0709. The van der Waals surface area contributed by atoms with Crippen molar-refractivity contribution < 1.29 is 6.48 Å². The molecule has 0 spiro atoms. The molecule has 2 heterocycles. The number of phenolic OH excluding ortho intramolecular Hbond substituents is 1. The number of benzene rings is 7. The molecule has 0 fully saturated rings. The Morgan fingerprint density at radius 2 is 1.19 bits per heavy atom. The molecular formula is C53H43N3O.